The molecule has 0 bridgehead atoms. The average molecular weight is 306 g/mol. The van der Waals surface area contributed by atoms with Gasteiger partial charge in [0, 0.05) is 5.56 Å². The second-order valence-electron chi connectivity index (χ2n) is 3.97. The highest BCUT2D eigenvalue weighted by molar-refractivity contribution is 7.99. The lowest BCUT2D eigenvalue weighted by molar-refractivity contribution is -0.139. The number of benzene rings is 1. The molecule has 2 aromatic rings. The van der Waals surface area contributed by atoms with Crippen molar-refractivity contribution < 1.29 is 9.53 Å². The van der Waals surface area contributed by atoms with Crippen LogP contribution in [0.4, 0.5) is 0 Å². The summed E-state index contributed by atoms with van der Waals surface area (Å²) in [4.78, 5) is 23.4. The number of carbonyl (C=O) groups is 1. The van der Waals surface area contributed by atoms with Crippen molar-refractivity contribution in [2.24, 2.45) is 0 Å². The zero-order valence-corrected chi connectivity index (χ0v) is 12.2. The largest absolute Gasteiger partial charge is 0.465 e. The van der Waals surface area contributed by atoms with Crippen LogP contribution in [0.2, 0.25) is 0 Å². The maximum atomic E-state index is 12.2. The van der Waals surface area contributed by atoms with E-state index in [4.69, 9.17) is 10.6 Å². The molecule has 0 aliphatic heterocycles. The minimum Gasteiger partial charge on any atom is -0.465 e. The van der Waals surface area contributed by atoms with Crippen LogP contribution in [-0.4, -0.2) is 33.2 Å². The highest BCUT2D eigenvalue weighted by Gasteiger charge is 2.13. The summed E-state index contributed by atoms with van der Waals surface area (Å²) in [5, 5.41) is 7.95. The van der Waals surface area contributed by atoms with Crippen LogP contribution in [0.15, 0.2) is 40.3 Å². The maximum absolute atomic E-state index is 12.2. The van der Waals surface area contributed by atoms with Crippen molar-refractivity contribution in [3.63, 3.8) is 0 Å². The Bertz CT molecular complexity index is 688. The fraction of sp³-hybridized carbons (Fsp3) is 0.231. The first kappa shape index (κ1) is 15.0. The lowest BCUT2D eigenvalue weighted by Gasteiger charge is -2.07. The molecule has 8 heteroatoms. The van der Waals surface area contributed by atoms with Crippen LogP contribution in [0.25, 0.3) is 11.3 Å². The first-order chi connectivity index (χ1) is 10.1. The van der Waals surface area contributed by atoms with Gasteiger partial charge in [-0.25, -0.2) is 0 Å². The Kier molecular flexibility index (Phi) is 4.94. The van der Waals surface area contributed by atoms with Gasteiger partial charge in [-0.3, -0.25) is 9.59 Å². The van der Waals surface area contributed by atoms with Gasteiger partial charge in [0.15, 0.2) is 5.69 Å². The number of nitrogen functional groups attached to an aromatic ring is 1. The summed E-state index contributed by atoms with van der Waals surface area (Å²) in [7, 11) is 0. The van der Waals surface area contributed by atoms with Gasteiger partial charge in [-0.05, 0) is 6.92 Å². The molecule has 110 valence electrons. The predicted octanol–water partition coefficient (Wildman–Crippen LogP) is 0.674. The molecule has 0 saturated heterocycles. The van der Waals surface area contributed by atoms with Gasteiger partial charge in [-0.1, -0.05) is 42.1 Å². The highest BCUT2D eigenvalue weighted by Crippen LogP contribution is 2.15. The van der Waals surface area contributed by atoms with E-state index in [1.807, 2.05) is 6.07 Å². The highest BCUT2D eigenvalue weighted by atomic mass is 32.2. The number of hydrogen-bond donors (Lipinski definition) is 1. The Morgan fingerprint density at radius 3 is 2.71 bits per heavy atom. The van der Waals surface area contributed by atoms with Gasteiger partial charge in [-0.15, -0.1) is 10.2 Å². The van der Waals surface area contributed by atoms with E-state index in [9.17, 15) is 9.59 Å². The molecule has 0 spiro atoms. The van der Waals surface area contributed by atoms with Gasteiger partial charge in [0.1, 0.15) is 0 Å². The van der Waals surface area contributed by atoms with Crippen LogP contribution in [0.1, 0.15) is 6.92 Å². The van der Waals surface area contributed by atoms with Gasteiger partial charge in [0.25, 0.3) is 5.56 Å². The van der Waals surface area contributed by atoms with Crippen molar-refractivity contribution in [2.75, 3.05) is 18.2 Å². The van der Waals surface area contributed by atoms with E-state index in [2.05, 4.69) is 10.2 Å². The summed E-state index contributed by atoms with van der Waals surface area (Å²) in [5.74, 6) is 5.33. The van der Waals surface area contributed by atoms with Crippen molar-refractivity contribution in [3.05, 3.63) is 40.7 Å². The fourth-order valence-electron chi connectivity index (χ4n) is 1.59. The first-order valence-electron chi connectivity index (χ1n) is 6.22. The Hall–Kier alpha value is -2.35. The zero-order valence-electron chi connectivity index (χ0n) is 11.4. The summed E-state index contributed by atoms with van der Waals surface area (Å²) in [6, 6.07) is 8.91. The predicted molar refractivity (Wildman–Crippen MR) is 79.2 cm³/mol. The van der Waals surface area contributed by atoms with Gasteiger partial charge < -0.3 is 10.6 Å². The molecular weight excluding hydrogens is 292 g/mol. The van der Waals surface area contributed by atoms with Gasteiger partial charge in [-0.2, -0.15) is 4.68 Å². The molecule has 0 aliphatic rings. The molecule has 0 radical (unpaired) electrons. The van der Waals surface area contributed by atoms with E-state index in [0.717, 1.165) is 16.4 Å². The first-order valence-corrected chi connectivity index (χ1v) is 7.20. The van der Waals surface area contributed by atoms with Crippen molar-refractivity contribution >= 4 is 17.7 Å². The number of nitrogens with zero attached hydrogens (tertiary/aromatic N) is 3. The molecule has 2 rings (SSSR count). The third kappa shape index (κ3) is 3.60. The normalized spacial score (nSPS) is 10.3. The Balaban J connectivity index is 2.22. The lowest BCUT2D eigenvalue weighted by Crippen LogP contribution is -2.32. The van der Waals surface area contributed by atoms with Crippen LogP contribution in [0, 0.1) is 0 Å². The molecule has 0 fully saturated rings. The number of thioether (sulfide) groups is 1. The third-order valence-electron chi connectivity index (χ3n) is 2.53. The number of nitrogens with two attached hydrogens (primary N) is 1. The fourth-order valence-corrected chi connectivity index (χ4v) is 2.24. The standard InChI is InChI=1S/C13H14N4O3S/c1-2-20-10(18)8-21-13-16-15-11(12(19)17(13)14)9-6-4-3-5-7-9/h3-7H,2,8,14H2,1H3. The van der Waals surface area contributed by atoms with E-state index >= 15 is 0 Å². The van der Waals surface area contributed by atoms with Crippen LogP contribution < -0.4 is 11.4 Å². The van der Waals surface area contributed by atoms with E-state index in [1.54, 1.807) is 31.2 Å². The van der Waals surface area contributed by atoms with Gasteiger partial charge in [0.05, 0.1) is 12.4 Å². The second-order valence-corrected chi connectivity index (χ2v) is 4.91. The summed E-state index contributed by atoms with van der Waals surface area (Å²) in [6.45, 7) is 2.02. The van der Waals surface area contributed by atoms with Crippen molar-refractivity contribution in [1.29, 1.82) is 0 Å². The van der Waals surface area contributed by atoms with Gasteiger partial charge in [0.2, 0.25) is 5.16 Å². The number of hydrogen-bond acceptors (Lipinski definition) is 7. The molecule has 21 heavy (non-hydrogen) atoms. The molecule has 0 atom stereocenters. The Labute approximate surface area is 125 Å². The molecule has 1 heterocycles. The van der Waals surface area contributed by atoms with Crippen molar-refractivity contribution in [1.82, 2.24) is 14.9 Å². The molecular formula is C13H14N4O3S. The Morgan fingerprint density at radius 2 is 2.05 bits per heavy atom. The molecule has 0 amide bonds. The molecule has 1 aromatic heterocycles. The third-order valence-corrected chi connectivity index (χ3v) is 3.45. The zero-order chi connectivity index (χ0) is 15.2. The SMILES string of the molecule is CCOC(=O)CSc1nnc(-c2ccccc2)c(=O)n1N. The molecule has 7 nitrogen and oxygen atoms in total. The number of carbonyl (C=O) groups excluding carboxylic acids is 1. The summed E-state index contributed by atoms with van der Waals surface area (Å²) < 4.78 is 5.68. The minimum atomic E-state index is -0.470. The quantitative estimate of drug-likeness (QED) is 0.492. The molecule has 0 saturated carbocycles. The number of ether oxygens (including phenoxy) is 1. The second kappa shape index (κ2) is 6.89. The van der Waals surface area contributed by atoms with Crippen molar-refractivity contribution in [3.8, 4) is 11.3 Å². The lowest BCUT2D eigenvalue weighted by atomic mass is 10.2. The van der Waals surface area contributed by atoms with E-state index in [1.165, 1.54) is 0 Å². The van der Waals surface area contributed by atoms with Crippen LogP contribution in [0.5, 0.6) is 0 Å². The van der Waals surface area contributed by atoms with Crippen LogP contribution in [0.3, 0.4) is 0 Å². The topological polar surface area (TPSA) is 100 Å². The number of esters is 1. The number of rotatable bonds is 5. The minimum absolute atomic E-state index is 0.0177. The summed E-state index contributed by atoms with van der Waals surface area (Å²) in [5.41, 5.74) is 0.331. The van der Waals surface area contributed by atoms with Gasteiger partial charge >= 0.3 is 5.97 Å². The maximum Gasteiger partial charge on any atom is 0.316 e. The molecule has 0 aliphatic carbocycles. The van der Waals surface area contributed by atoms with E-state index < -0.39 is 11.5 Å². The van der Waals surface area contributed by atoms with E-state index in [-0.39, 0.29) is 16.6 Å². The van der Waals surface area contributed by atoms with Crippen LogP contribution in [-0.2, 0) is 9.53 Å². The molecule has 2 N–H and O–H groups in total. The summed E-state index contributed by atoms with van der Waals surface area (Å²) in [6.07, 6.45) is 0. The molecule has 0 unspecified atom stereocenters. The summed E-state index contributed by atoms with van der Waals surface area (Å²) >= 11 is 1.00. The molecule has 1 aromatic carbocycles. The number of aromatic nitrogens is 3. The monoisotopic (exact) mass is 306 g/mol. The average Bonchev–Trinajstić information content (AvgIpc) is 2.50. The van der Waals surface area contributed by atoms with E-state index in [0.29, 0.717) is 12.2 Å². The smallest absolute Gasteiger partial charge is 0.316 e. The van der Waals surface area contributed by atoms with Crippen LogP contribution >= 0.6 is 11.8 Å². The van der Waals surface area contributed by atoms with Crippen molar-refractivity contribution in [2.45, 2.75) is 12.1 Å². The Morgan fingerprint density at radius 1 is 1.33 bits per heavy atom.